The molecule has 2 heterocycles. The number of esters is 1. The van der Waals surface area contributed by atoms with Crippen molar-refractivity contribution in [1.82, 2.24) is 10.2 Å². The summed E-state index contributed by atoms with van der Waals surface area (Å²) in [4.78, 5) is 26.1. The summed E-state index contributed by atoms with van der Waals surface area (Å²) in [5, 5.41) is 8.61. The SMILES string of the molecule is Cc1cc(I)ccc1N1COC(=O)c2cc(C(=O)Nc3n[nH]c(=S)s3)c(F)c(F)c21. The number of hydrogen-bond donors (Lipinski definition) is 2. The Morgan fingerprint density at radius 3 is 2.80 bits per heavy atom. The van der Waals surface area contributed by atoms with Crippen molar-refractivity contribution in [2.45, 2.75) is 6.92 Å². The molecule has 1 aromatic heterocycles. The Bertz CT molecular complexity index is 1260. The zero-order chi connectivity index (χ0) is 21.6. The minimum absolute atomic E-state index is 0.0845. The van der Waals surface area contributed by atoms with E-state index in [1.165, 1.54) is 4.90 Å². The first kappa shape index (κ1) is 20.8. The van der Waals surface area contributed by atoms with E-state index in [0.717, 1.165) is 26.5 Å². The van der Waals surface area contributed by atoms with Crippen LogP contribution in [0.1, 0.15) is 26.3 Å². The number of amides is 1. The minimum atomic E-state index is -1.38. The molecule has 0 saturated carbocycles. The second-order valence-corrected chi connectivity index (χ2v) is 9.15. The van der Waals surface area contributed by atoms with Crippen LogP contribution in [0.15, 0.2) is 24.3 Å². The molecule has 1 aliphatic rings. The highest BCUT2D eigenvalue weighted by Crippen LogP contribution is 2.39. The number of rotatable bonds is 3. The standard InChI is InChI=1S/C18H11F2IN4O3S2/c1-7-4-8(21)2-3-11(7)25-6-28-16(27)10-5-9(12(19)13(20)14(10)25)15(26)22-17-23-24-18(29)30-17/h2-5H,6H2,1H3,(H,24,29)(H,22,23,26). The molecule has 30 heavy (non-hydrogen) atoms. The van der Waals surface area contributed by atoms with Crippen LogP contribution in [0.5, 0.6) is 0 Å². The van der Waals surface area contributed by atoms with Crippen molar-refractivity contribution in [3.8, 4) is 0 Å². The number of aromatic nitrogens is 2. The molecule has 1 aliphatic heterocycles. The zero-order valence-corrected chi connectivity index (χ0v) is 18.9. The van der Waals surface area contributed by atoms with Gasteiger partial charge >= 0.3 is 5.97 Å². The lowest BCUT2D eigenvalue weighted by Crippen LogP contribution is -2.33. The van der Waals surface area contributed by atoms with E-state index in [9.17, 15) is 14.0 Å². The van der Waals surface area contributed by atoms with Crippen molar-refractivity contribution in [2.75, 3.05) is 16.9 Å². The average molecular weight is 560 g/mol. The summed E-state index contributed by atoms with van der Waals surface area (Å²) in [6.07, 6.45) is 0. The van der Waals surface area contributed by atoms with Gasteiger partial charge in [0.1, 0.15) is 0 Å². The van der Waals surface area contributed by atoms with E-state index in [2.05, 4.69) is 38.1 Å². The van der Waals surface area contributed by atoms with Gasteiger partial charge < -0.3 is 9.64 Å². The van der Waals surface area contributed by atoms with Gasteiger partial charge in [0.2, 0.25) is 5.13 Å². The highest BCUT2D eigenvalue weighted by Gasteiger charge is 2.34. The highest BCUT2D eigenvalue weighted by atomic mass is 127. The van der Waals surface area contributed by atoms with E-state index < -0.39 is 29.1 Å². The lowest BCUT2D eigenvalue weighted by molar-refractivity contribution is 0.0491. The fourth-order valence-corrected chi connectivity index (χ4v) is 4.46. The molecule has 0 fully saturated rings. The average Bonchev–Trinajstić information content (AvgIpc) is 3.10. The Morgan fingerprint density at radius 1 is 1.37 bits per heavy atom. The summed E-state index contributed by atoms with van der Waals surface area (Å²) in [7, 11) is 0. The number of carbonyl (C=O) groups is 2. The molecule has 4 rings (SSSR count). The van der Waals surface area contributed by atoms with Crippen molar-refractivity contribution in [1.29, 1.82) is 0 Å². The number of ether oxygens (including phenoxy) is 1. The highest BCUT2D eigenvalue weighted by molar-refractivity contribution is 14.1. The van der Waals surface area contributed by atoms with Gasteiger partial charge in [-0.15, -0.1) is 5.10 Å². The predicted molar refractivity (Wildman–Crippen MR) is 118 cm³/mol. The molecule has 1 amide bonds. The molecule has 0 aliphatic carbocycles. The second kappa shape index (κ2) is 8.00. The zero-order valence-electron chi connectivity index (χ0n) is 15.1. The Kier molecular flexibility index (Phi) is 5.55. The Hall–Kier alpha value is -2.45. The molecule has 3 aromatic rings. The van der Waals surface area contributed by atoms with Gasteiger partial charge in [0.05, 0.1) is 16.8 Å². The summed E-state index contributed by atoms with van der Waals surface area (Å²) >= 11 is 7.96. The summed E-state index contributed by atoms with van der Waals surface area (Å²) in [6.45, 7) is 1.52. The van der Waals surface area contributed by atoms with Crippen molar-refractivity contribution in [3.05, 3.63) is 60.1 Å². The van der Waals surface area contributed by atoms with Gasteiger partial charge in [0.25, 0.3) is 5.91 Å². The molecular weight excluding hydrogens is 549 g/mol. The van der Waals surface area contributed by atoms with Gasteiger partial charge in [-0.3, -0.25) is 15.2 Å². The number of H-pyrrole nitrogens is 1. The number of nitrogens with one attached hydrogen (secondary N) is 2. The molecule has 12 heteroatoms. The topological polar surface area (TPSA) is 87.3 Å². The van der Waals surface area contributed by atoms with Crippen LogP contribution in [0.2, 0.25) is 0 Å². The van der Waals surface area contributed by atoms with Crippen LogP contribution < -0.4 is 10.2 Å². The normalized spacial score (nSPS) is 13.1. The number of fused-ring (bicyclic) bond motifs is 1. The molecule has 0 atom stereocenters. The first-order valence-corrected chi connectivity index (χ1v) is 10.7. The maximum atomic E-state index is 15.1. The molecular formula is C18H11F2IN4O3S2. The van der Waals surface area contributed by atoms with E-state index in [4.69, 9.17) is 17.0 Å². The predicted octanol–water partition coefficient (Wildman–Crippen LogP) is 4.91. The maximum absolute atomic E-state index is 15.1. The summed E-state index contributed by atoms with van der Waals surface area (Å²) < 4.78 is 36.4. The molecule has 0 spiro atoms. The molecule has 154 valence electrons. The van der Waals surface area contributed by atoms with Gasteiger partial charge in [-0.25, -0.2) is 13.6 Å². The first-order chi connectivity index (χ1) is 14.3. The van der Waals surface area contributed by atoms with Crippen LogP contribution in [-0.4, -0.2) is 28.8 Å². The molecule has 2 N–H and O–H groups in total. The number of hydrogen-bond acceptors (Lipinski definition) is 7. The summed E-state index contributed by atoms with van der Waals surface area (Å²) in [5.74, 6) is -4.52. The van der Waals surface area contributed by atoms with E-state index >= 15 is 4.39 Å². The van der Waals surface area contributed by atoms with Crippen LogP contribution in [0, 0.1) is 26.1 Å². The number of halogens is 3. The van der Waals surface area contributed by atoms with E-state index in [-0.39, 0.29) is 23.1 Å². The lowest BCUT2D eigenvalue weighted by atomic mass is 10.0. The van der Waals surface area contributed by atoms with Crippen molar-refractivity contribution in [3.63, 3.8) is 0 Å². The van der Waals surface area contributed by atoms with Gasteiger partial charge in [-0.1, -0.05) is 11.3 Å². The third-order valence-electron chi connectivity index (χ3n) is 4.35. The fourth-order valence-electron chi connectivity index (χ4n) is 3.03. The minimum Gasteiger partial charge on any atom is -0.440 e. The van der Waals surface area contributed by atoms with E-state index in [1.807, 2.05) is 13.0 Å². The third-order valence-corrected chi connectivity index (χ3v) is 6.02. The van der Waals surface area contributed by atoms with Gasteiger partial charge in [-0.05, 0) is 71.6 Å². The molecule has 0 saturated heterocycles. The lowest BCUT2D eigenvalue weighted by Gasteiger charge is -2.32. The van der Waals surface area contributed by atoms with Crippen LogP contribution in [0.4, 0.5) is 25.3 Å². The summed E-state index contributed by atoms with van der Waals surface area (Å²) in [6, 6.07) is 6.36. The largest absolute Gasteiger partial charge is 0.440 e. The van der Waals surface area contributed by atoms with E-state index in [0.29, 0.717) is 9.64 Å². The monoisotopic (exact) mass is 560 g/mol. The smallest absolute Gasteiger partial charge is 0.342 e. The number of aryl methyl sites for hydroxylation is 1. The van der Waals surface area contributed by atoms with Crippen molar-refractivity contribution in [2.24, 2.45) is 0 Å². The number of nitrogens with zero attached hydrogens (tertiary/aromatic N) is 2. The fraction of sp³-hybridized carbons (Fsp3) is 0.111. The van der Waals surface area contributed by atoms with E-state index in [1.54, 1.807) is 12.1 Å². The van der Waals surface area contributed by atoms with Crippen LogP contribution in [0.25, 0.3) is 0 Å². The number of aromatic amines is 1. The van der Waals surface area contributed by atoms with Crippen LogP contribution in [0.3, 0.4) is 0 Å². The molecule has 0 bridgehead atoms. The van der Waals surface area contributed by atoms with Gasteiger partial charge in [-0.2, -0.15) is 0 Å². The Balaban J connectivity index is 1.81. The van der Waals surface area contributed by atoms with Crippen molar-refractivity contribution >= 4 is 74.5 Å². The molecule has 0 radical (unpaired) electrons. The summed E-state index contributed by atoms with van der Waals surface area (Å²) in [5.41, 5.74) is 0.159. The third kappa shape index (κ3) is 3.70. The number of carbonyl (C=O) groups excluding carboxylic acids is 2. The number of cyclic esters (lactones) is 1. The van der Waals surface area contributed by atoms with Gasteiger partial charge in [0.15, 0.2) is 22.3 Å². The quantitative estimate of drug-likeness (QED) is 0.269. The molecule has 2 aromatic carbocycles. The van der Waals surface area contributed by atoms with Crippen LogP contribution in [-0.2, 0) is 4.74 Å². The number of anilines is 3. The molecule has 0 unspecified atom stereocenters. The van der Waals surface area contributed by atoms with Gasteiger partial charge in [0, 0.05) is 9.26 Å². The second-order valence-electron chi connectivity index (χ2n) is 6.24. The van der Waals surface area contributed by atoms with Crippen molar-refractivity contribution < 1.29 is 23.1 Å². The molecule has 7 nitrogen and oxygen atoms in total. The maximum Gasteiger partial charge on any atom is 0.342 e. The first-order valence-electron chi connectivity index (χ1n) is 8.36. The van der Waals surface area contributed by atoms with Crippen LogP contribution >= 0.6 is 46.1 Å². The Labute approximate surface area is 191 Å². The number of benzene rings is 2. The Morgan fingerprint density at radius 2 is 2.13 bits per heavy atom.